The Morgan fingerprint density at radius 2 is 2.08 bits per heavy atom. The maximum atomic E-state index is 10.8. The Kier molecular flexibility index (Phi) is 2.68. The Morgan fingerprint density at radius 1 is 1.50 bits per heavy atom. The van der Waals surface area contributed by atoms with Gasteiger partial charge in [-0.05, 0) is 25.7 Å². The molecular formula is C8H13NO3. The second-order valence-corrected chi connectivity index (χ2v) is 3.33. The highest BCUT2D eigenvalue weighted by Gasteiger charge is 2.31. The number of carbonyl (C=O) groups excluding carboxylic acids is 1. The third-order valence-corrected chi connectivity index (χ3v) is 2.35. The lowest BCUT2D eigenvalue weighted by molar-refractivity contribution is -0.124. The summed E-state index contributed by atoms with van der Waals surface area (Å²) in [4.78, 5) is 20.9. The van der Waals surface area contributed by atoms with Gasteiger partial charge in [-0.15, -0.1) is 0 Å². The van der Waals surface area contributed by atoms with E-state index in [1.54, 1.807) is 6.92 Å². The van der Waals surface area contributed by atoms with Crippen LogP contribution in [0.4, 0.5) is 4.79 Å². The van der Waals surface area contributed by atoms with Gasteiger partial charge in [0.15, 0.2) is 0 Å². The van der Waals surface area contributed by atoms with Crippen LogP contribution in [-0.4, -0.2) is 23.5 Å². The number of hydrogen-bond acceptors (Lipinski definition) is 2. The zero-order chi connectivity index (χ0) is 9.14. The van der Waals surface area contributed by atoms with Gasteiger partial charge in [0.1, 0.15) is 5.78 Å². The Morgan fingerprint density at radius 3 is 2.50 bits per heavy atom. The summed E-state index contributed by atoms with van der Waals surface area (Å²) >= 11 is 0. The minimum absolute atomic E-state index is 0.186. The lowest BCUT2D eigenvalue weighted by Gasteiger charge is -2.33. The molecule has 0 atom stereocenters. The molecule has 2 N–H and O–H groups in total. The smallest absolute Gasteiger partial charge is 0.404 e. The maximum Gasteiger partial charge on any atom is 0.404 e. The van der Waals surface area contributed by atoms with Crippen molar-refractivity contribution in [2.45, 2.75) is 19.8 Å². The summed E-state index contributed by atoms with van der Waals surface area (Å²) in [6.07, 6.45) is 0.701. The van der Waals surface area contributed by atoms with E-state index in [2.05, 4.69) is 5.32 Å². The van der Waals surface area contributed by atoms with Crippen LogP contribution < -0.4 is 5.32 Å². The predicted octanol–water partition coefficient (Wildman–Crippen LogP) is 0.869. The van der Waals surface area contributed by atoms with Gasteiger partial charge in [0.05, 0.1) is 0 Å². The molecule has 0 heterocycles. The van der Waals surface area contributed by atoms with E-state index in [9.17, 15) is 9.59 Å². The van der Waals surface area contributed by atoms with E-state index in [1.165, 1.54) is 0 Å². The summed E-state index contributed by atoms with van der Waals surface area (Å²) in [5, 5.41) is 10.6. The van der Waals surface area contributed by atoms with Crippen molar-refractivity contribution in [3.8, 4) is 0 Å². The van der Waals surface area contributed by atoms with Crippen molar-refractivity contribution in [2.24, 2.45) is 11.8 Å². The Hall–Kier alpha value is -1.06. The molecular weight excluding hydrogens is 158 g/mol. The van der Waals surface area contributed by atoms with E-state index in [-0.39, 0.29) is 11.7 Å². The molecule has 0 aromatic carbocycles. The van der Waals surface area contributed by atoms with Crippen LogP contribution in [0, 0.1) is 11.8 Å². The van der Waals surface area contributed by atoms with Gasteiger partial charge in [-0.2, -0.15) is 0 Å². The molecule has 1 rings (SSSR count). The summed E-state index contributed by atoms with van der Waals surface area (Å²) in [5.41, 5.74) is 0. The second-order valence-electron chi connectivity index (χ2n) is 3.33. The second kappa shape index (κ2) is 3.56. The quantitative estimate of drug-likeness (QED) is 0.662. The summed E-state index contributed by atoms with van der Waals surface area (Å²) in [7, 11) is 0. The zero-order valence-corrected chi connectivity index (χ0v) is 7.04. The first-order valence-corrected chi connectivity index (χ1v) is 4.07. The van der Waals surface area contributed by atoms with E-state index in [0.29, 0.717) is 12.5 Å². The molecule has 1 fully saturated rings. The molecule has 4 heteroatoms. The molecule has 0 saturated heterocycles. The Balaban J connectivity index is 2.10. The van der Waals surface area contributed by atoms with E-state index < -0.39 is 6.09 Å². The monoisotopic (exact) mass is 171 g/mol. The lowest BCUT2D eigenvalue weighted by atomic mass is 9.73. The molecule has 4 nitrogen and oxygen atoms in total. The van der Waals surface area contributed by atoms with Crippen molar-refractivity contribution in [1.82, 2.24) is 5.32 Å². The molecule has 1 amide bonds. The van der Waals surface area contributed by atoms with Crippen LogP contribution in [0.3, 0.4) is 0 Å². The van der Waals surface area contributed by atoms with Crippen LogP contribution in [0.5, 0.6) is 0 Å². The number of carboxylic acid groups (broad SMARTS) is 1. The highest BCUT2D eigenvalue weighted by molar-refractivity contribution is 5.79. The van der Waals surface area contributed by atoms with Gasteiger partial charge in [0, 0.05) is 12.5 Å². The number of nitrogens with one attached hydrogen (secondary N) is 1. The van der Waals surface area contributed by atoms with Crippen molar-refractivity contribution in [3.63, 3.8) is 0 Å². The number of carbonyl (C=O) groups is 2. The third kappa shape index (κ3) is 2.22. The minimum atomic E-state index is -0.985. The van der Waals surface area contributed by atoms with Crippen LogP contribution in [0.25, 0.3) is 0 Å². The average molecular weight is 171 g/mol. The zero-order valence-electron chi connectivity index (χ0n) is 7.04. The van der Waals surface area contributed by atoms with E-state index in [0.717, 1.165) is 12.8 Å². The number of rotatable bonds is 3. The Labute approximate surface area is 71.0 Å². The number of ketones is 1. The molecule has 0 radical (unpaired) electrons. The molecule has 0 bridgehead atoms. The van der Waals surface area contributed by atoms with Gasteiger partial charge in [-0.3, -0.25) is 4.79 Å². The molecule has 0 unspecified atom stereocenters. The molecule has 1 saturated carbocycles. The summed E-state index contributed by atoms with van der Waals surface area (Å²) < 4.78 is 0. The minimum Gasteiger partial charge on any atom is -0.465 e. The number of amides is 1. The van der Waals surface area contributed by atoms with Gasteiger partial charge in [-0.1, -0.05) is 0 Å². The topological polar surface area (TPSA) is 66.4 Å². The van der Waals surface area contributed by atoms with Crippen LogP contribution in [0.1, 0.15) is 19.8 Å². The van der Waals surface area contributed by atoms with Crippen molar-refractivity contribution in [3.05, 3.63) is 0 Å². The fraction of sp³-hybridized carbons (Fsp3) is 0.750. The van der Waals surface area contributed by atoms with Gasteiger partial charge >= 0.3 is 6.09 Å². The van der Waals surface area contributed by atoms with Gasteiger partial charge in [-0.25, -0.2) is 4.79 Å². The molecule has 0 aliphatic heterocycles. The van der Waals surface area contributed by atoms with Crippen molar-refractivity contribution < 1.29 is 14.7 Å². The van der Waals surface area contributed by atoms with Crippen LogP contribution in [-0.2, 0) is 4.79 Å². The van der Waals surface area contributed by atoms with Crippen molar-refractivity contribution in [1.29, 1.82) is 0 Å². The van der Waals surface area contributed by atoms with Gasteiger partial charge in [0.2, 0.25) is 0 Å². The first kappa shape index (κ1) is 9.03. The fourth-order valence-electron chi connectivity index (χ4n) is 1.47. The summed E-state index contributed by atoms with van der Waals surface area (Å²) in [6, 6.07) is 0. The summed E-state index contributed by atoms with van der Waals surface area (Å²) in [6.45, 7) is 2.07. The SMILES string of the molecule is CC(=O)C1CC(CNC(=O)O)C1. The first-order valence-electron chi connectivity index (χ1n) is 4.07. The first-order chi connectivity index (χ1) is 5.59. The van der Waals surface area contributed by atoms with E-state index in [4.69, 9.17) is 5.11 Å². The van der Waals surface area contributed by atoms with Crippen molar-refractivity contribution >= 4 is 11.9 Å². The third-order valence-electron chi connectivity index (χ3n) is 2.35. The molecule has 0 aromatic heterocycles. The normalized spacial score (nSPS) is 27.4. The number of hydrogen-bond donors (Lipinski definition) is 2. The predicted molar refractivity (Wildman–Crippen MR) is 42.9 cm³/mol. The van der Waals surface area contributed by atoms with Gasteiger partial charge in [0.25, 0.3) is 0 Å². The summed E-state index contributed by atoms with van der Waals surface area (Å²) in [5.74, 6) is 0.780. The van der Waals surface area contributed by atoms with Gasteiger partial charge < -0.3 is 10.4 Å². The van der Waals surface area contributed by atoms with Crippen LogP contribution in [0.15, 0.2) is 0 Å². The van der Waals surface area contributed by atoms with E-state index in [1.807, 2.05) is 0 Å². The fourth-order valence-corrected chi connectivity index (χ4v) is 1.47. The van der Waals surface area contributed by atoms with Crippen molar-refractivity contribution in [2.75, 3.05) is 6.54 Å². The van der Waals surface area contributed by atoms with Crippen LogP contribution in [0.2, 0.25) is 0 Å². The molecule has 12 heavy (non-hydrogen) atoms. The van der Waals surface area contributed by atoms with E-state index >= 15 is 0 Å². The largest absolute Gasteiger partial charge is 0.465 e. The standard InChI is InChI=1S/C8H13NO3/c1-5(10)7-2-6(3-7)4-9-8(11)12/h6-7,9H,2-4H2,1H3,(H,11,12). The van der Waals surface area contributed by atoms with Crippen LogP contribution >= 0.6 is 0 Å². The molecule has 0 aromatic rings. The number of Topliss-reactive ketones (excluding diaryl/α,β-unsaturated/α-hetero) is 1. The lowest BCUT2D eigenvalue weighted by Crippen LogP contribution is -2.37. The maximum absolute atomic E-state index is 10.8. The average Bonchev–Trinajstić information content (AvgIpc) is 1.82. The Bertz CT molecular complexity index is 194. The molecule has 0 spiro atoms. The molecule has 1 aliphatic carbocycles. The molecule has 1 aliphatic rings. The highest BCUT2D eigenvalue weighted by atomic mass is 16.4. The molecule has 68 valence electrons. The highest BCUT2D eigenvalue weighted by Crippen LogP contribution is 2.33.